The molecule has 1 heterocycles. The summed E-state index contributed by atoms with van der Waals surface area (Å²) >= 11 is 0. The van der Waals surface area contributed by atoms with Crippen LogP contribution in [-0.2, 0) is 0 Å². The molecule has 0 unspecified atom stereocenters. The summed E-state index contributed by atoms with van der Waals surface area (Å²) in [7, 11) is 0. The van der Waals surface area contributed by atoms with Crippen molar-refractivity contribution < 1.29 is 4.79 Å². The van der Waals surface area contributed by atoms with E-state index in [-0.39, 0.29) is 0 Å². The first-order valence-electron chi connectivity index (χ1n) is 4.41. The third-order valence-electron chi connectivity index (χ3n) is 2.26. The van der Waals surface area contributed by atoms with E-state index in [1.165, 1.54) is 0 Å². The molecule has 0 saturated carbocycles. The molecule has 2 rings (SSSR count). The van der Waals surface area contributed by atoms with Gasteiger partial charge in [0.2, 0.25) is 0 Å². The second kappa shape index (κ2) is 3.18. The lowest BCUT2D eigenvalue weighted by molar-refractivity contribution is 0.112. The fraction of sp³-hybridized carbons (Fsp3) is 0.182. The Morgan fingerprint density at radius 2 is 1.86 bits per heavy atom. The van der Waals surface area contributed by atoms with Crippen LogP contribution in [0.4, 0.5) is 0 Å². The number of carbonyl (C=O) groups excluding carboxylic acids is 1. The number of aryl methyl sites for hydroxylation is 2. The molecular weight excluding hydrogens is 176 g/mol. The Hall–Kier alpha value is -1.77. The van der Waals surface area contributed by atoms with E-state index in [1.807, 2.05) is 26.0 Å². The largest absolute Gasteiger partial charge is 0.298 e. The summed E-state index contributed by atoms with van der Waals surface area (Å²) < 4.78 is 0. The molecule has 70 valence electrons. The summed E-state index contributed by atoms with van der Waals surface area (Å²) in [6, 6.07) is 5.43. The van der Waals surface area contributed by atoms with Gasteiger partial charge in [-0.1, -0.05) is 6.07 Å². The molecule has 1 aromatic heterocycles. The van der Waals surface area contributed by atoms with Gasteiger partial charge in [-0.15, -0.1) is 0 Å². The number of benzene rings is 1. The zero-order valence-electron chi connectivity index (χ0n) is 8.11. The van der Waals surface area contributed by atoms with Crippen molar-refractivity contribution in [3.8, 4) is 0 Å². The summed E-state index contributed by atoms with van der Waals surface area (Å²) in [5, 5.41) is 0. The summed E-state index contributed by atoms with van der Waals surface area (Å²) in [6.45, 7) is 3.80. The van der Waals surface area contributed by atoms with Crippen LogP contribution in [0.25, 0.3) is 11.0 Å². The second-order valence-corrected chi connectivity index (χ2v) is 3.23. The van der Waals surface area contributed by atoms with Crippen LogP contribution in [0.5, 0.6) is 0 Å². The van der Waals surface area contributed by atoms with Crippen molar-refractivity contribution in [1.82, 2.24) is 9.97 Å². The highest BCUT2D eigenvalue weighted by molar-refractivity contribution is 5.93. The highest BCUT2D eigenvalue weighted by Gasteiger charge is 2.04. The normalized spacial score (nSPS) is 10.4. The van der Waals surface area contributed by atoms with Crippen molar-refractivity contribution in [2.24, 2.45) is 0 Å². The number of aromatic nitrogens is 2. The van der Waals surface area contributed by atoms with Crippen LogP contribution in [0.3, 0.4) is 0 Å². The van der Waals surface area contributed by atoms with Gasteiger partial charge in [0, 0.05) is 5.56 Å². The topological polar surface area (TPSA) is 42.9 Å². The van der Waals surface area contributed by atoms with E-state index in [9.17, 15) is 4.79 Å². The molecule has 0 radical (unpaired) electrons. The Labute approximate surface area is 81.8 Å². The molecule has 0 atom stereocenters. The quantitative estimate of drug-likeness (QED) is 0.640. The van der Waals surface area contributed by atoms with E-state index in [2.05, 4.69) is 9.97 Å². The van der Waals surface area contributed by atoms with Gasteiger partial charge in [-0.2, -0.15) is 0 Å². The van der Waals surface area contributed by atoms with Gasteiger partial charge in [-0.05, 0) is 26.0 Å². The first-order chi connectivity index (χ1) is 6.72. The molecule has 0 spiro atoms. The number of nitrogens with zero attached hydrogens (tertiary/aromatic N) is 2. The highest BCUT2D eigenvalue weighted by atomic mass is 16.1. The van der Waals surface area contributed by atoms with Crippen LogP contribution in [0, 0.1) is 13.8 Å². The van der Waals surface area contributed by atoms with E-state index in [1.54, 1.807) is 6.07 Å². The Kier molecular flexibility index (Phi) is 2.00. The Morgan fingerprint density at radius 1 is 1.14 bits per heavy atom. The average Bonchev–Trinajstić information content (AvgIpc) is 2.19. The van der Waals surface area contributed by atoms with Crippen molar-refractivity contribution in [2.45, 2.75) is 13.8 Å². The van der Waals surface area contributed by atoms with Crippen molar-refractivity contribution in [1.29, 1.82) is 0 Å². The fourth-order valence-corrected chi connectivity index (χ4v) is 1.37. The third-order valence-corrected chi connectivity index (χ3v) is 2.26. The minimum atomic E-state index is 0.595. The van der Waals surface area contributed by atoms with Crippen molar-refractivity contribution >= 4 is 17.3 Å². The number of fused-ring (bicyclic) bond motifs is 1. The van der Waals surface area contributed by atoms with Crippen LogP contribution >= 0.6 is 0 Å². The maximum Gasteiger partial charge on any atom is 0.152 e. The first kappa shape index (κ1) is 8.81. The number of rotatable bonds is 1. The fourth-order valence-electron chi connectivity index (χ4n) is 1.37. The minimum absolute atomic E-state index is 0.595. The van der Waals surface area contributed by atoms with Gasteiger partial charge in [0.25, 0.3) is 0 Å². The molecule has 0 aliphatic carbocycles. The molecule has 0 amide bonds. The maximum atomic E-state index is 10.7. The Bertz CT molecular complexity index is 506. The van der Waals surface area contributed by atoms with E-state index in [4.69, 9.17) is 0 Å². The minimum Gasteiger partial charge on any atom is -0.298 e. The number of carbonyl (C=O) groups is 1. The molecule has 3 heteroatoms. The molecule has 14 heavy (non-hydrogen) atoms. The summed E-state index contributed by atoms with van der Waals surface area (Å²) in [4.78, 5) is 19.5. The molecule has 0 fully saturated rings. The molecule has 2 aromatic rings. The van der Waals surface area contributed by atoms with E-state index in [0.717, 1.165) is 23.2 Å². The van der Waals surface area contributed by atoms with Gasteiger partial charge in [-0.3, -0.25) is 4.79 Å². The predicted octanol–water partition coefficient (Wildman–Crippen LogP) is 2.06. The molecule has 0 aliphatic rings. The van der Waals surface area contributed by atoms with Gasteiger partial charge in [0.05, 0.1) is 22.4 Å². The van der Waals surface area contributed by atoms with Crippen molar-refractivity contribution in [3.05, 3.63) is 35.2 Å². The monoisotopic (exact) mass is 186 g/mol. The highest BCUT2D eigenvalue weighted by Crippen LogP contribution is 2.15. The summed E-state index contributed by atoms with van der Waals surface area (Å²) in [5.74, 6) is 0. The smallest absolute Gasteiger partial charge is 0.152 e. The molecule has 3 nitrogen and oxygen atoms in total. The standard InChI is InChI=1S/C11H10N2O/c1-7-8(2)13-11-9(6-14)4-3-5-10(11)12-7/h3-6H,1-2H3. The first-order valence-corrected chi connectivity index (χ1v) is 4.41. The number of para-hydroxylation sites is 1. The zero-order valence-corrected chi connectivity index (χ0v) is 8.11. The van der Waals surface area contributed by atoms with Crippen LogP contribution in [0.1, 0.15) is 21.7 Å². The van der Waals surface area contributed by atoms with Gasteiger partial charge in [0.15, 0.2) is 6.29 Å². The molecule has 0 bridgehead atoms. The van der Waals surface area contributed by atoms with E-state index in [0.29, 0.717) is 11.1 Å². The van der Waals surface area contributed by atoms with Crippen molar-refractivity contribution in [2.75, 3.05) is 0 Å². The Balaban J connectivity index is 2.88. The molecule has 0 aliphatic heterocycles. The van der Waals surface area contributed by atoms with E-state index >= 15 is 0 Å². The van der Waals surface area contributed by atoms with Crippen LogP contribution in [0.15, 0.2) is 18.2 Å². The van der Waals surface area contributed by atoms with Crippen LogP contribution < -0.4 is 0 Å². The third kappa shape index (κ3) is 1.27. The lowest BCUT2D eigenvalue weighted by Gasteiger charge is -2.03. The molecular formula is C11H10N2O. The lowest BCUT2D eigenvalue weighted by Crippen LogP contribution is -1.95. The Morgan fingerprint density at radius 3 is 2.57 bits per heavy atom. The van der Waals surface area contributed by atoms with Gasteiger partial charge in [-0.25, -0.2) is 9.97 Å². The van der Waals surface area contributed by atoms with Gasteiger partial charge < -0.3 is 0 Å². The number of aldehydes is 1. The van der Waals surface area contributed by atoms with Gasteiger partial charge in [0.1, 0.15) is 0 Å². The van der Waals surface area contributed by atoms with Gasteiger partial charge >= 0.3 is 0 Å². The zero-order chi connectivity index (χ0) is 10.1. The predicted molar refractivity (Wildman–Crippen MR) is 54.4 cm³/mol. The van der Waals surface area contributed by atoms with Crippen LogP contribution in [0.2, 0.25) is 0 Å². The lowest BCUT2D eigenvalue weighted by atomic mass is 10.2. The molecule has 1 aromatic carbocycles. The summed E-state index contributed by atoms with van der Waals surface area (Å²) in [6.07, 6.45) is 0.811. The van der Waals surface area contributed by atoms with E-state index < -0.39 is 0 Å². The molecule has 0 N–H and O–H groups in total. The average molecular weight is 186 g/mol. The summed E-state index contributed by atoms with van der Waals surface area (Å²) in [5.41, 5.74) is 3.83. The maximum absolute atomic E-state index is 10.7. The van der Waals surface area contributed by atoms with Crippen molar-refractivity contribution in [3.63, 3.8) is 0 Å². The number of hydrogen-bond acceptors (Lipinski definition) is 3. The number of hydrogen-bond donors (Lipinski definition) is 0. The second-order valence-electron chi connectivity index (χ2n) is 3.23. The van der Waals surface area contributed by atoms with Crippen LogP contribution in [-0.4, -0.2) is 16.3 Å². The SMILES string of the molecule is Cc1nc2cccc(C=O)c2nc1C. The molecule has 0 saturated heterocycles.